The molecule has 3 rings (SSSR count). The number of nitrogens with zero attached hydrogens (tertiary/aromatic N) is 1. The lowest BCUT2D eigenvalue weighted by molar-refractivity contribution is -0.118. The first kappa shape index (κ1) is 13.6. The summed E-state index contributed by atoms with van der Waals surface area (Å²) in [4.78, 5) is 18.8. The number of rotatable bonds is 4. The molecule has 1 aromatic carbocycles. The minimum atomic E-state index is 0.276. The number of fused-ring (bicyclic) bond motifs is 1. The SMILES string of the molecule is CCC(=O)Cc1ccc2c(c1)/C(=C/c1cnc[nH]1)CCN2. The first-order valence-corrected chi connectivity index (χ1v) is 7.34. The highest BCUT2D eigenvalue weighted by Crippen LogP contribution is 2.32. The van der Waals surface area contributed by atoms with Gasteiger partial charge < -0.3 is 10.3 Å². The number of H-pyrrole nitrogens is 1. The third kappa shape index (κ3) is 3.05. The Morgan fingerprint density at radius 1 is 1.43 bits per heavy atom. The molecule has 2 N–H and O–H groups in total. The van der Waals surface area contributed by atoms with Crippen LogP contribution < -0.4 is 5.32 Å². The van der Waals surface area contributed by atoms with Crippen LogP contribution in [-0.4, -0.2) is 22.3 Å². The van der Waals surface area contributed by atoms with Crippen molar-refractivity contribution < 1.29 is 4.79 Å². The van der Waals surface area contributed by atoms with Crippen LogP contribution in [0.2, 0.25) is 0 Å². The number of hydrogen-bond acceptors (Lipinski definition) is 3. The average Bonchev–Trinajstić information content (AvgIpc) is 3.01. The van der Waals surface area contributed by atoms with Crippen LogP contribution in [0.15, 0.2) is 30.7 Å². The minimum absolute atomic E-state index is 0.276. The van der Waals surface area contributed by atoms with Gasteiger partial charge in [-0.05, 0) is 35.8 Å². The number of nitrogens with one attached hydrogen (secondary N) is 2. The van der Waals surface area contributed by atoms with Gasteiger partial charge >= 0.3 is 0 Å². The number of aromatic nitrogens is 2. The molecule has 0 fully saturated rings. The maximum atomic E-state index is 11.6. The Balaban J connectivity index is 1.95. The van der Waals surface area contributed by atoms with Gasteiger partial charge in [0.15, 0.2) is 0 Å². The normalized spacial score (nSPS) is 15.6. The van der Waals surface area contributed by atoms with Gasteiger partial charge in [0.25, 0.3) is 0 Å². The lowest BCUT2D eigenvalue weighted by Crippen LogP contribution is -2.12. The lowest BCUT2D eigenvalue weighted by atomic mass is 9.93. The second-order valence-electron chi connectivity index (χ2n) is 5.30. The highest BCUT2D eigenvalue weighted by molar-refractivity contribution is 5.89. The van der Waals surface area contributed by atoms with Crippen LogP contribution in [0.4, 0.5) is 5.69 Å². The summed E-state index contributed by atoms with van der Waals surface area (Å²) >= 11 is 0. The first-order chi connectivity index (χ1) is 10.3. The van der Waals surface area contributed by atoms with Gasteiger partial charge in [0.2, 0.25) is 0 Å². The number of benzene rings is 1. The van der Waals surface area contributed by atoms with Gasteiger partial charge in [-0.15, -0.1) is 0 Å². The largest absolute Gasteiger partial charge is 0.384 e. The fourth-order valence-corrected chi connectivity index (χ4v) is 2.62. The predicted molar refractivity (Wildman–Crippen MR) is 85.0 cm³/mol. The number of carbonyl (C=O) groups excluding carboxylic acids is 1. The lowest BCUT2D eigenvalue weighted by Gasteiger charge is -2.21. The molecule has 0 aliphatic carbocycles. The van der Waals surface area contributed by atoms with Crippen molar-refractivity contribution in [1.82, 2.24) is 9.97 Å². The Labute approximate surface area is 124 Å². The number of ketones is 1. The van der Waals surface area contributed by atoms with Crippen molar-refractivity contribution in [3.05, 3.63) is 47.5 Å². The molecule has 1 aliphatic rings. The van der Waals surface area contributed by atoms with Crippen molar-refractivity contribution in [2.75, 3.05) is 11.9 Å². The van der Waals surface area contributed by atoms with Crippen LogP contribution in [0, 0.1) is 0 Å². The van der Waals surface area contributed by atoms with Gasteiger partial charge in [-0.3, -0.25) is 4.79 Å². The first-order valence-electron chi connectivity index (χ1n) is 7.34. The van der Waals surface area contributed by atoms with Crippen LogP contribution in [0.25, 0.3) is 11.6 Å². The zero-order chi connectivity index (χ0) is 14.7. The molecule has 0 saturated carbocycles. The monoisotopic (exact) mass is 281 g/mol. The molecular formula is C17H19N3O. The molecule has 0 unspecified atom stereocenters. The maximum Gasteiger partial charge on any atom is 0.136 e. The molecule has 0 spiro atoms. The number of anilines is 1. The van der Waals surface area contributed by atoms with E-state index in [1.165, 1.54) is 11.1 Å². The molecule has 108 valence electrons. The second kappa shape index (κ2) is 5.95. The molecule has 2 heterocycles. The summed E-state index contributed by atoms with van der Waals surface area (Å²) in [6.07, 6.45) is 7.71. The Morgan fingerprint density at radius 2 is 2.33 bits per heavy atom. The van der Waals surface area contributed by atoms with E-state index in [0.717, 1.165) is 29.9 Å². The van der Waals surface area contributed by atoms with Gasteiger partial charge in [-0.1, -0.05) is 13.0 Å². The number of hydrogen-bond donors (Lipinski definition) is 2. The molecular weight excluding hydrogens is 262 g/mol. The topological polar surface area (TPSA) is 57.8 Å². The van der Waals surface area contributed by atoms with E-state index in [0.29, 0.717) is 12.8 Å². The highest BCUT2D eigenvalue weighted by atomic mass is 16.1. The van der Waals surface area contributed by atoms with Crippen molar-refractivity contribution in [2.45, 2.75) is 26.2 Å². The van der Waals surface area contributed by atoms with E-state index in [1.54, 1.807) is 6.33 Å². The molecule has 2 aromatic rings. The summed E-state index contributed by atoms with van der Waals surface area (Å²) in [7, 11) is 0. The van der Waals surface area contributed by atoms with Gasteiger partial charge in [-0.2, -0.15) is 0 Å². The second-order valence-corrected chi connectivity index (χ2v) is 5.30. The van der Waals surface area contributed by atoms with E-state index in [4.69, 9.17) is 0 Å². The smallest absolute Gasteiger partial charge is 0.136 e. The summed E-state index contributed by atoms with van der Waals surface area (Å²) < 4.78 is 0. The van der Waals surface area contributed by atoms with Gasteiger partial charge in [0.1, 0.15) is 5.78 Å². The van der Waals surface area contributed by atoms with Crippen LogP contribution >= 0.6 is 0 Å². The number of Topliss-reactive ketones (excluding diaryl/α,β-unsaturated/α-hetero) is 1. The third-order valence-electron chi connectivity index (χ3n) is 3.78. The van der Waals surface area contributed by atoms with Crippen molar-refractivity contribution >= 4 is 23.1 Å². The standard InChI is InChI=1S/C17H19N3O/c1-2-15(21)7-12-3-4-17-16(8-12)13(5-6-19-17)9-14-10-18-11-20-14/h3-4,8-11,19H,2,5-7H2,1H3,(H,18,20)/b13-9+. The minimum Gasteiger partial charge on any atom is -0.384 e. The molecule has 21 heavy (non-hydrogen) atoms. The van der Waals surface area contributed by atoms with E-state index in [-0.39, 0.29) is 5.78 Å². The molecule has 4 nitrogen and oxygen atoms in total. The van der Waals surface area contributed by atoms with Gasteiger partial charge in [0, 0.05) is 30.6 Å². The van der Waals surface area contributed by atoms with Gasteiger partial charge in [0.05, 0.1) is 18.2 Å². The third-order valence-corrected chi connectivity index (χ3v) is 3.78. The van der Waals surface area contributed by atoms with E-state index in [2.05, 4.69) is 33.5 Å². The van der Waals surface area contributed by atoms with Crippen molar-refractivity contribution in [1.29, 1.82) is 0 Å². The summed E-state index contributed by atoms with van der Waals surface area (Å²) in [5.74, 6) is 0.276. The van der Waals surface area contributed by atoms with Crippen molar-refractivity contribution in [3.63, 3.8) is 0 Å². The fourth-order valence-electron chi connectivity index (χ4n) is 2.62. The molecule has 0 saturated heterocycles. The van der Waals surface area contributed by atoms with E-state index >= 15 is 0 Å². The Bertz CT molecular complexity index is 671. The van der Waals surface area contributed by atoms with Crippen molar-refractivity contribution in [3.8, 4) is 0 Å². The van der Waals surface area contributed by atoms with E-state index in [1.807, 2.05) is 19.2 Å². The van der Waals surface area contributed by atoms with Crippen LogP contribution in [0.3, 0.4) is 0 Å². The van der Waals surface area contributed by atoms with Crippen LogP contribution in [0.1, 0.15) is 36.6 Å². The average molecular weight is 281 g/mol. The summed E-state index contributed by atoms with van der Waals surface area (Å²) in [6, 6.07) is 6.25. The summed E-state index contributed by atoms with van der Waals surface area (Å²) in [6.45, 7) is 2.84. The van der Waals surface area contributed by atoms with E-state index in [9.17, 15) is 4.79 Å². The molecule has 1 aliphatic heterocycles. The Hall–Kier alpha value is -2.36. The molecule has 1 aromatic heterocycles. The summed E-state index contributed by atoms with van der Waals surface area (Å²) in [5.41, 5.74) is 5.70. The van der Waals surface area contributed by atoms with Crippen molar-refractivity contribution in [2.24, 2.45) is 0 Å². The highest BCUT2D eigenvalue weighted by Gasteiger charge is 2.15. The van der Waals surface area contributed by atoms with Gasteiger partial charge in [-0.25, -0.2) is 4.98 Å². The molecule has 0 amide bonds. The zero-order valence-corrected chi connectivity index (χ0v) is 12.1. The predicted octanol–water partition coefficient (Wildman–Crippen LogP) is 3.29. The number of aromatic amines is 1. The van der Waals surface area contributed by atoms with Crippen LogP contribution in [-0.2, 0) is 11.2 Å². The molecule has 0 bridgehead atoms. The Kier molecular flexibility index (Phi) is 3.86. The zero-order valence-electron chi connectivity index (χ0n) is 12.1. The molecule has 0 atom stereocenters. The molecule has 4 heteroatoms. The van der Waals surface area contributed by atoms with E-state index < -0.39 is 0 Å². The quantitative estimate of drug-likeness (QED) is 0.904. The summed E-state index contributed by atoms with van der Waals surface area (Å²) in [5, 5.41) is 3.42. The number of imidazole rings is 1. The molecule has 0 radical (unpaired) electrons. The van der Waals surface area contributed by atoms with Crippen LogP contribution in [0.5, 0.6) is 0 Å². The maximum absolute atomic E-state index is 11.6. The fraction of sp³-hybridized carbons (Fsp3) is 0.294. The number of carbonyl (C=O) groups is 1. The Morgan fingerprint density at radius 3 is 3.10 bits per heavy atom.